The number of pyridine rings is 1. The van der Waals surface area contributed by atoms with Crippen molar-refractivity contribution >= 4 is 10.8 Å². The molecule has 0 unspecified atom stereocenters. The van der Waals surface area contributed by atoms with Gasteiger partial charge in [-0.05, 0) is 29.5 Å². The summed E-state index contributed by atoms with van der Waals surface area (Å²) < 4.78 is 10.5. The number of rotatable bonds is 4. The third-order valence-corrected chi connectivity index (χ3v) is 2.73. The summed E-state index contributed by atoms with van der Waals surface area (Å²) in [6, 6.07) is 3.81. The van der Waals surface area contributed by atoms with Crippen molar-refractivity contribution in [3.8, 4) is 11.5 Å². The molecule has 0 aliphatic rings. The van der Waals surface area contributed by atoms with E-state index >= 15 is 0 Å². The Morgan fingerprint density at radius 1 is 1.12 bits per heavy atom. The molecular formula is C13H15NO3. The van der Waals surface area contributed by atoms with Crippen LogP contribution in [0.1, 0.15) is 5.56 Å². The van der Waals surface area contributed by atoms with Crippen LogP contribution in [-0.2, 0) is 6.42 Å². The Bertz CT molecular complexity index is 525. The lowest BCUT2D eigenvalue weighted by Crippen LogP contribution is -1.96. The zero-order chi connectivity index (χ0) is 12.3. The molecular weight excluding hydrogens is 218 g/mol. The van der Waals surface area contributed by atoms with Gasteiger partial charge in [-0.2, -0.15) is 0 Å². The molecule has 4 nitrogen and oxygen atoms in total. The number of aliphatic hydroxyl groups is 1. The number of benzene rings is 1. The van der Waals surface area contributed by atoms with Gasteiger partial charge in [0.2, 0.25) is 0 Å². The summed E-state index contributed by atoms with van der Waals surface area (Å²) in [6.07, 6.45) is 4.13. The zero-order valence-electron chi connectivity index (χ0n) is 9.93. The summed E-state index contributed by atoms with van der Waals surface area (Å²) in [5.74, 6) is 1.37. The Morgan fingerprint density at radius 2 is 1.82 bits per heavy atom. The van der Waals surface area contributed by atoms with Gasteiger partial charge < -0.3 is 14.6 Å². The maximum atomic E-state index is 9.02. The molecule has 2 aromatic rings. The van der Waals surface area contributed by atoms with Crippen LogP contribution in [0.15, 0.2) is 24.5 Å². The van der Waals surface area contributed by atoms with Crippen molar-refractivity contribution in [2.75, 3.05) is 20.8 Å². The highest BCUT2D eigenvalue weighted by molar-refractivity contribution is 5.88. The fourth-order valence-electron chi connectivity index (χ4n) is 1.88. The molecule has 0 saturated carbocycles. The van der Waals surface area contributed by atoms with Gasteiger partial charge in [-0.15, -0.1) is 0 Å². The minimum absolute atomic E-state index is 0.106. The van der Waals surface area contributed by atoms with Crippen LogP contribution in [0.25, 0.3) is 10.8 Å². The van der Waals surface area contributed by atoms with Crippen LogP contribution < -0.4 is 9.47 Å². The van der Waals surface area contributed by atoms with E-state index < -0.39 is 0 Å². The first-order valence-electron chi connectivity index (χ1n) is 5.39. The quantitative estimate of drug-likeness (QED) is 0.874. The molecule has 0 atom stereocenters. The maximum absolute atomic E-state index is 9.02. The molecule has 0 bridgehead atoms. The minimum atomic E-state index is 0.106. The molecule has 1 heterocycles. The van der Waals surface area contributed by atoms with Gasteiger partial charge >= 0.3 is 0 Å². The first-order chi connectivity index (χ1) is 8.30. The molecule has 0 amide bonds. The van der Waals surface area contributed by atoms with E-state index in [1.807, 2.05) is 12.1 Å². The molecule has 90 valence electrons. The van der Waals surface area contributed by atoms with E-state index in [0.29, 0.717) is 17.9 Å². The Hall–Kier alpha value is -1.81. The van der Waals surface area contributed by atoms with Crippen molar-refractivity contribution in [2.45, 2.75) is 6.42 Å². The lowest BCUT2D eigenvalue weighted by atomic mass is 10.0. The first-order valence-corrected chi connectivity index (χ1v) is 5.39. The fourth-order valence-corrected chi connectivity index (χ4v) is 1.88. The molecule has 1 aromatic carbocycles. The number of fused-ring (bicyclic) bond motifs is 1. The smallest absolute Gasteiger partial charge is 0.161 e. The summed E-state index contributed by atoms with van der Waals surface area (Å²) in [5, 5.41) is 11.0. The van der Waals surface area contributed by atoms with Crippen molar-refractivity contribution in [3.63, 3.8) is 0 Å². The van der Waals surface area contributed by atoms with Gasteiger partial charge in [-0.3, -0.25) is 4.98 Å². The number of aliphatic hydroxyl groups excluding tert-OH is 1. The summed E-state index contributed by atoms with van der Waals surface area (Å²) >= 11 is 0. The van der Waals surface area contributed by atoms with Crippen molar-refractivity contribution < 1.29 is 14.6 Å². The van der Waals surface area contributed by atoms with Gasteiger partial charge in [0.05, 0.1) is 14.2 Å². The Kier molecular flexibility index (Phi) is 3.44. The number of hydrogen-bond donors (Lipinski definition) is 1. The third kappa shape index (κ3) is 2.17. The first kappa shape index (κ1) is 11.7. The highest BCUT2D eigenvalue weighted by Crippen LogP contribution is 2.33. The average molecular weight is 233 g/mol. The van der Waals surface area contributed by atoms with E-state index in [1.165, 1.54) is 0 Å². The average Bonchev–Trinajstić information content (AvgIpc) is 2.38. The molecule has 1 N–H and O–H groups in total. The van der Waals surface area contributed by atoms with Gasteiger partial charge in [0, 0.05) is 24.4 Å². The number of ether oxygens (including phenoxy) is 2. The second kappa shape index (κ2) is 5.01. The van der Waals surface area contributed by atoms with E-state index in [0.717, 1.165) is 16.3 Å². The van der Waals surface area contributed by atoms with Crippen LogP contribution in [-0.4, -0.2) is 30.9 Å². The second-order valence-corrected chi connectivity index (χ2v) is 3.70. The third-order valence-electron chi connectivity index (χ3n) is 2.73. The molecule has 2 rings (SSSR count). The molecule has 0 aliphatic carbocycles. The van der Waals surface area contributed by atoms with Crippen LogP contribution in [0.5, 0.6) is 11.5 Å². The molecule has 17 heavy (non-hydrogen) atoms. The van der Waals surface area contributed by atoms with Crippen LogP contribution >= 0.6 is 0 Å². The summed E-state index contributed by atoms with van der Waals surface area (Å²) in [6.45, 7) is 0.106. The Balaban J connectivity index is 2.64. The SMILES string of the molecule is COc1cc2cncc(CCO)c2cc1OC. The molecule has 0 spiro atoms. The fraction of sp³-hybridized carbons (Fsp3) is 0.308. The van der Waals surface area contributed by atoms with E-state index in [1.54, 1.807) is 26.6 Å². The van der Waals surface area contributed by atoms with Crippen LogP contribution in [0.3, 0.4) is 0 Å². The predicted octanol–water partition coefficient (Wildman–Crippen LogP) is 1.79. The topological polar surface area (TPSA) is 51.6 Å². The van der Waals surface area contributed by atoms with Gasteiger partial charge in [-0.25, -0.2) is 0 Å². The highest BCUT2D eigenvalue weighted by atomic mass is 16.5. The molecule has 0 saturated heterocycles. The van der Waals surface area contributed by atoms with Crippen molar-refractivity contribution in [2.24, 2.45) is 0 Å². The monoisotopic (exact) mass is 233 g/mol. The van der Waals surface area contributed by atoms with E-state index in [4.69, 9.17) is 14.6 Å². The van der Waals surface area contributed by atoms with Gasteiger partial charge in [0.1, 0.15) is 0 Å². The van der Waals surface area contributed by atoms with Gasteiger partial charge in [0.15, 0.2) is 11.5 Å². The minimum Gasteiger partial charge on any atom is -0.493 e. The van der Waals surface area contributed by atoms with Crippen LogP contribution in [0, 0.1) is 0 Å². The number of nitrogens with zero attached hydrogens (tertiary/aromatic N) is 1. The second-order valence-electron chi connectivity index (χ2n) is 3.70. The Labute approximate surface area is 99.8 Å². The van der Waals surface area contributed by atoms with E-state index in [2.05, 4.69) is 4.98 Å². The van der Waals surface area contributed by atoms with Gasteiger partial charge in [-0.1, -0.05) is 0 Å². The normalized spacial score (nSPS) is 10.5. The molecule has 4 heteroatoms. The van der Waals surface area contributed by atoms with Crippen molar-refractivity contribution in [1.29, 1.82) is 0 Å². The van der Waals surface area contributed by atoms with E-state index in [9.17, 15) is 0 Å². The summed E-state index contributed by atoms with van der Waals surface area (Å²) in [5.41, 5.74) is 1.01. The van der Waals surface area contributed by atoms with Crippen LogP contribution in [0.4, 0.5) is 0 Å². The van der Waals surface area contributed by atoms with Crippen LogP contribution in [0.2, 0.25) is 0 Å². The number of hydrogen-bond acceptors (Lipinski definition) is 4. The number of methoxy groups -OCH3 is 2. The zero-order valence-corrected chi connectivity index (χ0v) is 9.93. The Morgan fingerprint density at radius 3 is 2.47 bits per heavy atom. The summed E-state index contributed by atoms with van der Waals surface area (Å²) in [7, 11) is 3.21. The summed E-state index contributed by atoms with van der Waals surface area (Å²) in [4.78, 5) is 4.15. The molecule has 0 fully saturated rings. The maximum Gasteiger partial charge on any atom is 0.161 e. The molecule has 1 aromatic heterocycles. The standard InChI is InChI=1S/C13H15NO3/c1-16-12-5-10-8-14-7-9(3-4-15)11(10)6-13(12)17-2/h5-8,15H,3-4H2,1-2H3. The largest absolute Gasteiger partial charge is 0.493 e. The van der Waals surface area contributed by atoms with Crippen molar-refractivity contribution in [1.82, 2.24) is 4.98 Å². The number of aromatic nitrogens is 1. The van der Waals surface area contributed by atoms with Crippen molar-refractivity contribution in [3.05, 3.63) is 30.1 Å². The lowest BCUT2D eigenvalue weighted by molar-refractivity contribution is 0.300. The molecule has 0 aliphatic heterocycles. The van der Waals surface area contributed by atoms with E-state index in [-0.39, 0.29) is 6.61 Å². The molecule has 0 radical (unpaired) electrons. The lowest BCUT2D eigenvalue weighted by Gasteiger charge is -2.11. The van der Waals surface area contributed by atoms with Gasteiger partial charge in [0.25, 0.3) is 0 Å². The highest BCUT2D eigenvalue weighted by Gasteiger charge is 2.08. The predicted molar refractivity (Wildman–Crippen MR) is 65.6 cm³/mol.